The van der Waals surface area contributed by atoms with Gasteiger partial charge in [0.15, 0.2) is 23.9 Å². The molecule has 0 spiro atoms. The van der Waals surface area contributed by atoms with Crippen molar-refractivity contribution in [2.24, 2.45) is 0 Å². The van der Waals surface area contributed by atoms with Crippen LogP contribution in [0.4, 0.5) is 0 Å². The molecule has 9 N–H and O–H groups in total. The Morgan fingerprint density at radius 1 is 0.767 bits per heavy atom. The Kier molecular flexibility index (Phi) is 8.89. The molecule has 43 heavy (non-hydrogen) atoms. The number of fused-ring (bicyclic) bond motifs is 1. The topological polar surface area (TPSA) is 237 Å². The number of hydrogen-bond donors (Lipinski definition) is 9. The third kappa shape index (κ3) is 6.04. The summed E-state index contributed by atoms with van der Waals surface area (Å²) in [6.07, 6.45) is -14.9. The van der Waals surface area contributed by atoms with E-state index in [-0.39, 0.29) is 40.1 Å². The van der Waals surface area contributed by atoms with Gasteiger partial charge in [-0.3, -0.25) is 0 Å². The van der Waals surface area contributed by atoms with Crippen LogP contribution in [0.1, 0.15) is 24.2 Å². The number of methoxy groups -OCH3 is 1. The van der Waals surface area contributed by atoms with Gasteiger partial charge in [0.1, 0.15) is 65.7 Å². The molecule has 2 aromatic rings. The van der Waals surface area contributed by atoms with Crippen LogP contribution in [0.5, 0.6) is 28.7 Å². The van der Waals surface area contributed by atoms with Crippen molar-refractivity contribution in [3.63, 3.8) is 0 Å². The molecule has 2 saturated heterocycles. The van der Waals surface area contributed by atoms with Gasteiger partial charge in [0, 0.05) is 17.7 Å². The van der Waals surface area contributed by atoms with E-state index in [0.29, 0.717) is 5.56 Å². The molecular weight excluding hydrogens is 576 g/mol. The fourth-order valence-corrected chi connectivity index (χ4v) is 5.07. The largest absolute Gasteiger partial charge is 0.508 e. The molecule has 236 valence electrons. The molecule has 2 fully saturated rings. The van der Waals surface area contributed by atoms with Crippen LogP contribution in [0.15, 0.2) is 36.1 Å². The molecule has 0 aromatic heterocycles. The van der Waals surface area contributed by atoms with Crippen LogP contribution in [-0.2, 0) is 18.9 Å². The van der Waals surface area contributed by atoms with Crippen LogP contribution in [0, 0.1) is 0 Å². The second kappa shape index (κ2) is 12.3. The van der Waals surface area contributed by atoms with E-state index in [0.717, 1.165) is 6.07 Å². The lowest BCUT2D eigenvalue weighted by Crippen LogP contribution is -2.61. The van der Waals surface area contributed by atoms with E-state index in [1.165, 1.54) is 38.3 Å². The van der Waals surface area contributed by atoms with Gasteiger partial charge in [-0.15, -0.1) is 0 Å². The molecule has 0 bridgehead atoms. The maximum Gasteiger partial charge on any atom is 0.228 e. The lowest BCUT2D eigenvalue weighted by Gasteiger charge is -2.43. The van der Waals surface area contributed by atoms with Gasteiger partial charge in [-0.05, 0) is 25.1 Å². The molecule has 5 rings (SSSR count). The van der Waals surface area contributed by atoms with E-state index in [1.54, 1.807) is 6.07 Å². The van der Waals surface area contributed by atoms with Crippen LogP contribution in [0.25, 0.3) is 6.08 Å². The van der Waals surface area contributed by atoms with Crippen molar-refractivity contribution in [3.8, 4) is 28.7 Å². The molecule has 15 heteroatoms. The van der Waals surface area contributed by atoms with Crippen molar-refractivity contribution in [1.82, 2.24) is 0 Å². The highest BCUT2D eigenvalue weighted by Gasteiger charge is 2.48. The number of aliphatic hydroxyl groups excluding tert-OH is 6. The predicted molar refractivity (Wildman–Crippen MR) is 142 cm³/mol. The van der Waals surface area contributed by atoms with E-state index in [4.69, 9.17) is 28.4 Å². The molecule has 11 atom stereocenters. The summed E-state index contributed by atoms with van der Waals surface area (Å²) in [6.45, 7) is 0.957. The first-order valence-corrected chi connectivity index (χ1v) is 13.4. The summed E-state index contributed by atoms with van der Waals surface area (Å²) in [5.41, 5.74) is 0.452. The number of rotatable bonds is 7. The molecular formula is C28H34O15. The number of benzene rings is 2. The summed E-state index contributed by atoms with van der Waals surface area (Å²) in [5, 5.41) is 92.8. The summed E-state index contributed by atoms with van der Waals surface area (Å²) in [4.78, 5) is 0. The van der Waals surface area contributed by atoms with E-state index in [2.05, 4.69) is 0 Å². The zero-order chi connectivity index (χ0) is 31.2. The van der Waals surface area contributed by atoms with Gasteiger partial charge in [-0.1, -0.05) is 6.07 Å². The fourth-order valence-electron chi connectivity index (χ4n) is 5.07. The van der Waals surface area contributed by atoms with Crippen LogP contribution in [0.2, 0.25) is 0 Å². The van der Waals surface area contributed by atoms with Crippen molar-refractivity contribution in [2.45, 2.75) is 74.4 Å². The lowest BCUT2D eigenvalue weighted by atomic mass is 9.98. The number of aliphatic hydroxyl groups is 6. The van der Waals surface area contributed by atoms with Crippen molar-refractivity contribution in [2.75, 3.05) is 13.7 Å². The third-order valence-electron chi connectivity index (χ3n) is 7.55. The average Bonchev–Trinajstić information content (AvgIpc) is 2.97. The minimum Gasteiger partial charge on any atom is -0.508 e. The normalized spacial score (nSPS) is 35.8. The van der Waals surface area contributed by atoms with Crippen LogP contribution in [-0.4, -0.2) is 121 Å². The minimum absolute atomic E-state index is 0.0534. The maximum atomic E-state index is 10.7. The smallest absolute Gasteiger partial charge is 0.228 e. The summed E-state index contributed by atoms with van der Waals surface area (Å²) < 4.78 is 33.7. The van der Waals surface area contributed by atoms with Gasteiger partial charge in [0.05, 0.1) is 25.4 Å². The molecule has 1 unspecified atom stereocenters. The summed E-state index contributed by atoms with van der Waals surface area (Å²) in [5.74, 6) is -0.661. The zero-order valence-electron chi connectivity index (χ0n) is 23.0. The minimum atomic E-state index is -1.79. The quantitative estimate of drug-likeness (QED) is 0.182. The molecule has 0 aliphatic carbocycles. The van der Waals surface area contributed by atoms with E-state index < -0.39 is 74.1 Å². The number of phenolic OH excluding ortho intramolecular Hbond substituents is 3. The summed E-state index contributed by atoms with van der Waals surface area (Å²) >= 11 is 0. The van der Waals surface area contributed by atoms with Crippen molar-refractivity contribution in [1.29, 1.82) is 0 Å². The number of phenols is 3. The first kappa shape index (κ1) is 31.1. The molecule has 3 aliphatic heterocycles. The third-order valence-corrected chi connectivity index (χ3v) is 7.55. The summed E-state index contributed by atoms with van der Waals surface area (Å²) in [6, 6.07) is 6.70. The highest BCUT2D eigenvalue weighted by Crippen LogP contribution is 2.45. The Hall–Kier alpha value is -3.38. The molecule has 2 aromatic carbocycles. The predicted octanol–water partition coefficient (Wildman–Crippen LogP) is -1.05. The number of aromatic hydroxyl groups is 3. The second-order valence-electron chi connectivity index (χ2n) is 10.5. The van der Waals surface area contributed by atoms with E-state index >= 15 is 0 Å². The monoisotopic (exact) mass is 610 g/mol. The zero-order valence-corrected chi connectivity index (χ0v) is 23.0. The Morgan fingerprint density at radius 3 is 2.16 bits per heavy atom. The van der Waals surface area contributed by atoms with Crippen molar-refractivity contribution < 1.29 is 74.4 Å². The van der Waals surface area contributed by atoms with Crippen LogP contribution < -0.4 is 9.47 Å². The highest BCUT2D eigenvalue weighted by atomic mass is 16.7. The van der Waals surface area contributed by atoms with Gasteiger partial charge >= 0.3 is 0 Å². The lowest BCUT2D eigenvalue weighted by molar-refractivity contribution is -0.324. The molecule has 0 amide bonds. The number of ether oxygens (including phenoxy) is 6. The van der Waals surface area contributed by atoms with Gasteiger partial charge in [-0.2, -0.15) is 0 Å². The standard InChI is InChI=1S/C28H34O15/c1-10-20(32)22(34)24(36)27(40-10)39-9-19-21(33)23(35)25(37)28(43-19)42-18-8-13-14(30)6-12(29)7-17(13)41-26(18)11-3-4-16(38-2)15(31)5-11/h3-8,10,19-37H,9H2,1-2H3/t10-,19+,20-,21+,22+,23-,24+,25+,26?,27+,28+/m0/s1. The highest BCUT2D eigenvalue weighted by molar-refractivity contribution is 5.69. The summed E-state index contributed by atoms with van der Waals surface area (Å²) in [7, 11) is 1.37. The first-order valence-electron chi connectivity index (χ1n) is 13.4. The maximum absolute atomic E-state index is 10.7. The molecule has 0 radical (unpaired) electrons. The van der Waals surface area contributed by atoms with Crippen LogP contribution >= 0.6 is 0 Å². The van der Waals surface area contributed by atoms with Gasteiger partial charge in [0.2, 0.25) is 6.29 Å². The molecule has 0 saturated carbocycles. The Bertz CT molecular complexity index is 1330. The van der Waals surface area contributed by atoms with E-state index in [9.17, 15) is 46.0 Å². The number of hydrogen-bond acceptors (Lipinski definition) is 15. The Balaban J connectivity index is 1.40. The first-order chi connectivity index (χ1) is 20.4. The van der Waals surface area contributed by atoms with Crippen molar-refractivity contribution >= 4 is 6.08 Å². The Morgan fingerprint density at radius 2 is 1.47 bits per heavy atom. The molecule has 3 aliphatic rings. The Labute approximate surface area is 244 Å². The van der Waals surface area contributed by atoms with Gasteiger partial charge in [0.25, 0.3) is 0 Å². The van der Waals surface area contributed by atoms with Crippen molar-refractivity contribution in [3.05, 3.63) is 47.2 Å². The SMILES string of the molecule is COc1ccc(C2Oc3cc(O)cc(O)c3C=C2O[C@@H]2O[C@H](CO[C@@H]3O[C@@H](C)[C@H](O)[C@@H](O)[C@H]3O)[C@@H](O)[C@H](O)[C@H]2O)cc1O. The average molecular weight is 611 g/mol. The van der Waals surface area contributed by atoms with Gasteiger partial charge < -0.3 is 74.4 Å². The second-order valence-corrected chi connectivity index (χ2v) is 10.5. The van der Waals surface area contributed by atoms with E-state index in [1.807, 2.05) is 0 Å². The molecule has 3 heterocycles. The van der Waals surface area contributed by atoms with Crippen LogP contribution in [0.3, 0.4) is 0 Å². The fraction of sp³-hybridized carbons (Fsp3) is 0.500. The van der Waals surface area contributed by atoms with Gasteiger partial charge in [-0.25, -0.2) is 0 Å². The molecule has 15 nitrogen and oxygen atoms in total.